The van der Waals surface area contributed by atoms with Crippen LogP contribution in [0.5, 0.6) is 0 Å². The van der Waals surface area contributed by atoms with Gasteiger partial charge in [0, 0.05) is 18.7 Å². The van der Waals surface area contributed by atoms with E-state index < -0.39 is 0 Å². The largest absolute Gasteiger partial charge is 0.389 e. The highest BCUT2D eigenvalue weighted by Crippen LogP contribution is 2.18. The fourth-order valence-electron chi connectivity index (χ4n) is 2.18. The van der Waals surface area contributed by atoms with Gasteiger partial charge in [-0.25, -0.2) is 0 Å². The standard InChI is InChI=1S/C15H24N2S/c1-11-8-12(14(16)18)6-7-13(11)9-17(5)10-15(2,3)4/h6-8H,9-10H2,1-5H3,(H2,16,18). The molecule has 0 aliphatic carbocycles. The van der Waals surface area contributed by atoms with Crippen LogP contribution in [-0.4, -0.2) is 23.5 Å². The normalized spacial score (nSPS) is 11.9. The third-order valence-electron chi connectivity index (χ3n) is 2.81. The van der Waals surface area contributed by atoms with Gasteiger partial charge >= 0.3 is 0 Å². The molecular weight excluding hydrogens is 240 g/mol. The first-order valence-electron chi connectivity index (χ1n) is 6.27. The van der Waals surface area contributed by atoms with Crippen molar-refractivity contribution in [3.05, 3.63) is 34.9 Å². The minimum Gasteiger partial charge on any atom is -0.389 e. The number of hydrogen-bond donors (Lipinski definition) is 1. The van der Waals surface area contributed by atoms with Crippen molar-refractivity contribution in [2.24, 2.45) is 11.1 Å². The van der Waals surface area contributed by atoms with Crippen LogP contribution in [0, 0.1) is 12.3 Å². The zero-order valence-corrected chi connectivity index (χ0v) is 12.9. The van der Waals surface area contributed by atoms with Crippen molar-refractivity contribution in [2.75, 3.05) is 13.6 Å². The van der Waals surface area contributed by atoms with Crippen LogP contribution < -0.4 is 5.73 Å². The quantitative estimate of drug-likeness (QED) is 0.847. The average molecular weight is 264 g/mol. The summed E-state index contributed by atoms with van der Waals surface area (Å²) in [7, 11) is 2.16. The Bertz CT molecular complexity index is 433. The highest BCUT2D eigenvalue weighted by molar-refractivity contribution is 7.80. The number of benzene rings is 1. The van der Waals surface area contributed by atoms with Gasteiger partial charge in [-0.15, -0.1) is 0 Å². The van der Waals surface area contributed by atoms with Crippen molar-refractivity contribution in [3.8, 4) is 0 Å². The Morgan fingerprint density at radius 1 is 1.33 bits per heavy atom. The van der Waals surface area contributed by atoms with Gasteiger partial charge in [0.1, 0.15) is 4.99 Å². The molecule has 1 aromatic carbocycles. The van der Waals surface area contributed by atoms with E-state index >= 15 is 0 Å². The van der Waals surface area contributed by atoms with E-state index in [-0.39, 0.29) is 0 Å². The summed E-state index contributed by atoms with van der Waals surface area (Å²) in [4.78, 5) is 2.82. The second-order valence-electron chi connectivity index (χ2n) is 6.24. The fourth-order valence-corrected chi connectivity index (χ4v) is 2.31. The van der Waals surface area contributed by atoms with Gasteiger partial charge in [0.25, 0.3) is 0 Å². The molecule has 0 saturated heterocycles. The lowest BCUT2D eigenvalue weighted by atomic mass is 9.96. The zero-order valence-electron chi connectivity index (χ0n) is 12.1. The molecule has 2 N–H and O–H groups in total. The van der Waals surface area contributed by atoms with E-state index in [9.17, 15) is 0 Å². The molecule has 0 bridgehead atoms. The van der Waals surface area contributed by atoms with Crippen LogP contribution in [-0.2, 0) is 6.54 Å². The third-order valence-corrected chi connectivity index (χ3v) is 3.05. The molecular formula is C15H24N2S. The van der Waals surface area contributed by atoms with Crippen LogP contribution in [0.15, 0.2) is 18.2 Å². The highest BCUT2D eigenvalue weighted by Gasteiger charge is 2.14. The van der Waals surface area contributed by atoms with E-state index in [1.807, 2.05) is 6.07 Å². The van der Waals surface area contributed by atoms with Crippen molar-refractivity contribution in [2.45, 2.75) is 34.2 Å². The zero-order chi connectivity index (χ0) is 13.9. The van der Waals surface area contributed by atoms with Gasteiger partial charge in [-0.05, 0) is 36.6 Å². The molecule has 0 saturated carbocycles. The van der Waals surface area contributed by atoms with Gasteiger partial charge in [-0.1, -0.05) is 45.1 Å². The molecule has 0 radical (unpaired) electrons. The monoisotopic (exact) mass is 264 g/mol. The van der Waals surface area contributed by atoms with E-state index in [2.05, 4.69) is 51.8 Å². The molecule has 0 heterocycles. The van der Waals surface area contributed by atoms with Gasteiger partial charge in [0.15, 0.2) is 0 Å². The Balaban J connectivity index is 2.77. The summed E-state index contributed by atoms with van der Waals surface area (Å²) in [5.74, 6) is 0. The van der Waals surface area contributed by atoms with Crippen LogP contribution in [0.2, 0.25) is 0 Å². The average Bonchev–Trinajstić information content (AvgIpc) is 2.17. The minimum absolute atomic E-state index is 0.321. The molecule has 0 aliphatic heterocycles. The van der Waals surface area contributed by atoms with E-state index in [1.54, 1.807) is 0 Å². The molecule has 3 heteroatoms. The molecule has 0 aromatic heterocycles. The van der Waals surface area contributed by atoms with Crippen molar-refractivity contribution in [1.82, 2.24) is 4.90 Å². The second-order valence-corrected chi connectivity index (χ2v) is 6.68. The SMILES string of the molecule is Cc1cc(C(N)=S)ccc1CN(C)CC(C)(C)C. The third kappa shape index (κ3) is 4.75. The van der Waals surface area contributed by atoms with Crippen LogP contribution in [0.25, 0.3) is 0 Å². The topological polar surface area (TPSA) is 29.3 Å². The number of nitrogens with two attached hydrogens (primary N) is 1. The summed E-state index contributed by atoms with van der Waals surface area (Å²) in [6, 6.07) is 6.21. The Morgan fingerprint density at radius 2 is 1.94 bits per heavy atom. The lowest BCUT2D eigenvalue weighted by molar-refractivity contribution is 0.220. The number of nitrogens with zero attached hydrogens (tertiary/aromatic N) is 1. The predicted molar refractivity (Wildman–Crippen MR) is 82.9 cm³/mol. The second kappa shape index (κ2) is 5.81. The smallest absolute Gasteiger partial charge is 0.103 e. The fraction of sp³-hybridized carbons (Fsp3) is 0.533. The van der Waals surface area contributed by atoms with Crippen LogP contribution >= 0.6 is 12.2 Å². The molecule has 0 fully saturated rings. The minimum atomic E-state index is 0.321. The van der Waals surface area contributed by atoms with Gasteiger partial charge in [0.05, 0.1) is 0 Å². The Hall–Kier alpha value is -0.930. The van der Waals surface area contributed by atoms with Crippen LogP contribution in [0.4, 0.5) is 0 Å². The predicted octanol–water partition coefficient (Wildman–Crippen LogP) is 3.11. The van der Waals surface area contributed by atoms with Crippen molar-refractivity contribution in [3.63, 3.8) is 0 Å². The van der Waals surface area contributed by atoms with E-state index in [1.165, 1.54) is 11.1 Å². The Kier molecular flexibility index (Phi) is 4.88. The van der Waals surface area contributed by atoms with Crippen molar-refractivity contribution < 1.29 is 0 Å². The molecule has 18 heavy (non-hydrogen) atoms. The Labute approximate surface area is 116 Å². The summed E-state index contributed by atoms with van der Waals surface area (Å²) in [5.41, 5.74) is 9.49. The lowest BCUT2D eigenvalue weighted by Gasteiger charge is -2.27. The van der Waals surface area contributed by atoms with Gasteiger partial charge in [-0.3, -0.25) is 0 Å². The molecule has 0 atom stereocenters. The molecule has 100 valence electrons. The summed E-state index contributed by atoms with van der Waals surface area (Å²) < 4.78 is 0. The van der Waals surface area contributed by atoms with Crippen LogP contribution in [0.1, 0.15) is 37.5 Å². The summed E-state index contributed by atoms with van der Waals surface area (Å²) in [6.45, 7) is 10.9. The molecule has 1 rings (SSSR count). The summed E-state index contributed by atoms with van der Waals surface area (Å²) in [6.07, 6.45) is 0. The summed E-state index contributed by atoms with van der Waals surface area (Å²) >= 11 is 4.99. The molecule has 0 spiro atoms. The number of thiocarbonyl (C=S) groups is 1. The number of rotatable bonds is 4. The molecule has 0 aliphatic rings. The van der Waals surface area contributed by atoms with E-state index in [0.717, 1.165) is 18.7 Å². The van der Waals surface area contributed by atoms with E-state index in [0.29, 0.717) is 10.4 Å². The Morgan fingerprint density at radius 3 is 2.39 bits per heavy atom. The summed E-state index contributed by atoms with van der Waals surface area (Å²) in [5, 5.41) is 0. The first-order chi connectivity index (χ1) is 8.19. The van der Waals surface area contributed by atoms with E-state index in [4.69, 9.17) is 18.0 Å². The lowest BCUT2D eigenvalue weighted by Crippen LogP contribution is -2.29. The highest BCUT2D eigenvalue weighted by atomic mass is 32.1. The van der Waals surface area contributed by atoms with Gasteiger partial charge in [0.2, 0.25) is 0 Å². The maximum Gasteiger partial charge on any atom is 0.103 e. The molecule has 0 amide bonds. The first kappa shape index (κ1) is 15.1. The molecule has 1 aromatic rings. The van der Waals surface area contributed by atoms with Crippen molar-refractivity contribution >= 4 is 17.2 Å². The maximum atomic E-state index is 5.64. The van der Waals surface area contributed by atoms with Crippen LogP contribution in [0.3, 0.4) is 0 Å². The maximum absolute atomic E-state index is 5.64. The van der Waals surface area contributed by atoms with Gasteiger partial charge < -0.3 is 10.6 Å². The van der Waals surface area contributed by atoms with Gasteiger partial charge in [-0.2, -0.15) is 0 Å². The molecule has 0 unspecified atom stereocenters. The number of aryl methyl sites for hydroxylation is 1. The first-order valence-corrected chi connectivity index (χ1v) is 6.68. The number of hydrogen-bond acceptors (Lipinski definition) is 2. The van der Waals surface area contributed by atoms with Crippen molar-refractivity contribution in [1.29, 1.82) is 0 Å². The molecule has 2 nitrogen and oxygen atoms in total.